The highest BCUT2D eigenvalue weighted by Crippen LogP contribution is 2.26. The highest BCUT2D eigenvalue weighted by Gasteiger charge is 2.16. The molecule has 0 bridgehead atoms. The topological polar surface area (TPSA) is 12.5 Å². The third-order valence-electron chi connectivity index (χ3n) is 4.24. The molecule has 25 heavy (non-hydrogen) atoms. The zero-order valence-corrected chi connectivity index (χ0v) is 16.9. The van der Waals surface area contributed by atoms with Crippen molar-refractivity contribution in [2.45, 2.75) is 39.3 Å². The van der Waals surface area contributed by atoms with Gasteiger partial charge in [0.2, 0.25) is 0 Å². The van der Waals surface area contributed by atoms with Gasteiger partial charge in [0.1, 0.15) is 12.4 Å². The molecule has 1 atom stereocenters. The summed E-state index contributed by atoms with van der Waals surface area (Å²) in [7, 11) is 0. The SMILES string of the molecule is CC(C)c1ccccc1OCC(C)N(CCCl)Cc1ccccc1.Cl. The lowest BCUT2D eigenvalue weighted by Crippen LogP contribution is -2.38. The molecule has 2 nitrogen and oxygen atoms in total. The molecule has 0 amide bonds. The largest absolute Gasteiger partial charge is 0.492 e. The molecule has 0 aliphatic carbocycles. The molecule has 0 aromatic heterocycles. The van der Waals surface area contributed by atoms with Crippen molar-refractivity contribution in [3.05, 3.63) is 65.7 Å². The molecule has 0 spiro atoms. The molecular formula is C21H29Cl2NO. The molecule has 0 radical (unpaired) electrons. The fraction of sp³-hybridized carbons (Fsp3) is 0.429. The van der Waals surface area contributed by atoms with Gasteiger partial charge in [0.15, 0.2) is 0 Å². The maximum atomic E-state index is 6.14. The van der Waals surface area contributed by atoms with Crippen LogP contribution >= 0.6 is 24.0 Å². The number of halogens is 2. The van der Waals surface area contributed by atoms with E-state index in [0.717, 1.165) is 18.8 Å². The summed E-state index contributed by atoms with van der Waals surface area (Å²) in [6, 6.07) is 19.1. The summed E-state index contributed by atoms with van der Waals surface area (Å²) in [5.74, 6) is 2.07. The lowest BCUT2D eigenvalue weighted by atomic mass is 10.0. The second-order valence-corrected chi connectivity index (χ2v) is 6.88. The maximum Gasteiger partial charge on any atom is 0.122 e. The van der Waals surface area contributed by atoms with Crippen molar-refractivity contribution in [1.82, 2.24) is 4.90 Å². The predicted molar refractivity (Wildman–Crippen MR) is 110 cm³/mol. The summed E-state index contributed by atoms with van der Waals surface area (Å²) < 4.78 is 6.14. The van der Waals surface area contributed by atoms with Gasteiger partial charge in [-0.15, -0.1) is 24.0 Å². The smallest absolute Gasteiger partial charge is 0.122 e. The van der Waals surface area contributed by atoms with Crippen molar-refractivity contribution >= 4 is 24.0 Å². The van der Waals surface area contributed by atoms with Gasteiger partial charge in [-0.1, -0.05) is 62.4 Å². The van der Waals surface area contributed by atoms with Gasteiger partial charge in [0, 0.05) is 25.0 Å². The van der Waals surface area contributed by atoms with Crippen LogP contribution in [0.4, 0.5) is 0 Å². The Morgan fingerprint density at radius 2 is 1.60 bits per heavy atom. The van der Waals surface area contributed by atoms with E-state index >= 15 is 0 Å². The van der Waals surface area contributed by atoms with E-state index in [1.165, 1.54) is 11.1 Å². The number of nitrogens with zero attached hydrogens (tertiary/aromatic N) is 1. The number of hydrogen-bond donors (Lipinski definition) is 0. The second kappa shape index (κ2) is 11.4. The summed E-state index contributed by atoms with van der Waals surface area (Å²) in [6.45, 7) is 9.00. The van der Waals surface area contributed by atoms with E-state index in [1.807, 2.05) is 12.1 Å². The first kappa shape index (κ1) is 21.8. The minimum absolute atomic E-state index is 0. The number of ether oxygens (including phenoxy) is 1. The Morgan fingerprint density at radius 1 is 0.960 bits per heavy atom. The van der Waals surface area contributed by atoms with E-state index in [1.54, 1.807) is 0 Å². The van der Waals surface area contributed by atoms with Gasteiger partial charge >= 0.3 is 0 Å². The molecule has 0 saturated heterocycles. The Hall–Kier alpha value is -1.22. The number of alkyl halides is 1. The lowest BCUT2D eigenvalue weighted by molar-refractivity contribution is 0.145. The zero-order chi connectivity index (χ0) is 17.4. The second-order valence-electron chi connectivity index (χ2n) is 6.50. The fourth-order valence-electron chi connectivity index (χ4n) is 2.79. The van der Waals surface area contributed by atoms with E-state index in [9.17, 15) is 0 Å². The Balaban J connectivity index is 0.00000312. The van der Waals surface area contributed by atoms with E-state index in [0.29, 0.717) is 24.4 Å². The van der Waals surface area contributed by atoms with E-state index < -0.39 is 0 Å². The van der Waals surface area contributed by atoms with Crippen LogP contribution in [0.5, 0.6) is 5.75 Å². The molecule has 2 rings (SSSR count). The molecular weight excluding hydrogens is 353 g/mol. The summed E-state index contributed by atoms with van der Waals surface area (Å²) in [4.78, 5) is 2.38. The highest BCUT2D eigenvalue weighted by atomic mass is 35.5. The van der Waals surface area contributed by atoms with Crippen LogP contribution in [-0.2, 0) is 6.54 Å². The van der Waals surface area contributed by atoms with Gasteiger partial charge in [0.25, 0.3) is 0 Å². The summed E-state index contributed by atoms with van der Waals surface area (Å²) in [5.41, 5.74) is 2.56. The van der Waals surface area contributed by atoms with Crippen LogP contribution in [-0.4, -0.2) is 30.0 Å². The van der Waals surface area contributed by atoms with Crippen LogP contribution in [0.15, 0.2) is 54.6 Å². The third kappa shape index (κ3) is 6.89. The van der Waals surface area contributed by atoms with Gasteiger partial charge in [-0.3, -0.25) is 4.90 Å². The molecule has 0 saturated carbocycles. The average molecular weight is 382 g/mol. The molecule has 138 valence electrons. The number of hydrogen-bond acceptors (Lipinski definition) is 2. The van der Waals surface area contributed by atoms with Gasteiger partial charge < -0.3 is 4.74 Å². The molecule has 4 heteroatoms. The molecule has 2 aromatic carbocycles. The summed E-state index contributed by atoms with van der Waals surface area (Å²) in [5, 5.41) is 0. The summed E-state index contributed by atoms with van der Waals surface area (Å²) >= 11 is 6.01. The van der Waals surface area contributed by atoms with Crippen LogP contribution in [0, 0.1) is 0 Å². The van der Waals surface area contributed by atoms with E-state index in [-0.39, 0.29) is 12.4 Å². The fourth-order valence-corrected chi connectivity index (χ4v) is 3.00. The Morgan fingerprint density at radius 3 is 2.24 bits per heavy atom. The van der Waals surface area contributed by atoms with Crippen molar-refractivity contribution < 1.29 is 4.74 Å². The minimum atomic E-state index is 0. The molecule has 2 aromatic rings. The molecule has 0 N–H and O–H groups in total. The van der Waals surface area contributed by atoms with E-state index in [4.69, 9.17) is 16.3 Å². The van der Waals surface area contributed by atoms with Gasteiger partial charge in [-0.05, 0) is 30.0 Å². The van der Waals surface area contributed by atoms with Crippen molar-refractivity contribution in [2.75, 3.05) is 19.0 Å². The number of rotatable bonds is 9. The minimum Gasteiger partial charge on any atom is -0.492 e. The van der Waals surface area contributed by atoms with Crippen LogP contribution in [0.3, 0.4) is 0 Å². The molecule has 1 unspecified atom stereocenters. The quantitative estimate of drug-likeness (QED) is 0.513. The normalized spacial score (nSPS) is 12.1. The predicted octanol–water partition coefficient (Wildman–Crippen LogP) is 5.74. The van der Waals surface area contributed by atoms with Crippen molar-refractivity contribution in [2.24, 2.45) is 0 Å². The molecule has 0 aliphatic rings. The maximum absolute atomic E-state index is 6.14. The average Bonchev–Trinajstić information content (AvgIpc) is 2.60. The molecule has 0 aliphatic heterocycles. The van der Waals surface area contributed by atoms with Crippen molar-refractivity contribution in [3.63, 3.8) is 0 Å². The van der Waals surface area contributed by atoms with Crippen LogP contribution in [0.25, 0.3) is 0 Å². The highest BCUT2D eigenvalue weighted by molar-refractivity contribution is 6.18. The van der Waals surface area contributed by atoms with Crippen LogP contribution < -0.4 is 4.74 Å². The Bertz CT molecular complexity index is 604. The van der Waals surface area contributed by atoms with E-state index in [2.05, 4.69) is 68.1 Å². The monoisotopic (exact) mass is 381 g/mol. The Kier molecular flexibility index (Phi) is 9.96. The van der Waals surface area contributed by atoms with Crippen LogP contribution in [0.2, 0.25) is 0 Å². The first-order valence-corrected chi connectivity index (χ1v) is 9.21. The number of para-hydroxylation sites is 1. The lowest BCUT2D eigenvalue weighted by Gasteiger charge is -2.29. The molecule has 0 fully saturated rings. The van der Waals surface area contributed by atoms with Crippen molar-refractivity contribution in [1.29, 1.82) is 0 Å². The first-order chi connectivity index (χ1) is 11.6. The summed E-state index contributed by atoms with van der Waals surface area (Å²) in [6.07, 6.45) is 0. The molecule has 0 heterocycles. The van der Waals surface area contributed by atoms with Crippen molar-refractivity contribution in [3.8, 4) is 5.75 Å². The van der Waals surface area contributed by atoms with Gasteiger partial charge in [-0.2, -0.15) is 0 Å². The standard InChI is InChI=1S/C21H28ClNO.ClH/c1-17(2)20-11-7-8-12-21(20)24-16-18(3)23(14-13-22)15-19-9-5-4-6-10-19;/h4-12,17-18H,13-16H2,1-3H3;1H. The Labute approximate surface area is 163 Å². The van der Waals surface area contributed by atoms with Crippen LogP contribution in [0.1, 0.15) is 37.8 Å². The number of benzene rings is 2. The zero-order valence-electron chi connectivity index (χ0n) is 15.3. The van der Waals surface area contributed by atoms with Gasteiger partial charge in [-0.25, -0.2) is 0 Å². The third-order valence-corrected chi connectivity index (χ3v) is 4.41. The first-order valence-electron chi connectivity index (χ1n) is 8.67. The van der Waals surface area contributed by atoms with Gasteiger partial charge in [0.05, 0.1) is 0 Å².